The Labute approximate surface area is 195 Å². The van der Waals surface area contributed by atoms with Gasteiger partial charge >= 0.3 is 0 Å². The number of hydrogen-bond acceptors (Lipinski definition) is 7. The Kier molecular flexibility index (Phi) is 7.14. The Hall–Kier alpha value is -2.00. The molecule has 2 aromatic carbocycles. The second kappa shape index (κ2) is 9.87. The zero-order valence-corrected chi connectivity index (χ0v) is 19.5. The number of aliphatic hydroxyl groups excluding tert-OH is 3. The van der Waals surface area contributed by atoms with Gasteiger partial charge in [-0.25, -0.2) is 0 Å². The molecule has 4 rings (SSSR count). The van der Waals surface area contributed by atoms with Gasteiger partial charge in [-0.15, -0.1) is 23.1 Å². The van der Waals surface area contributed by atoms with Gasteiger partial charge in [0.1, 0.15) is 29.9 Å². The monoisotopic (exact) mass is 470 g/mol. The summed E-state index contributed by atoms with van der Waals surface area (Å²) in [6.45, 7) is 2.04. The smallest absolute Gasteiger partial charge is 0.150 e. The predicted molar refractivity (Wildman–Crippen MR) is 128 cm³/mol. The molecule has 3 N–H and O–H groups in total. The van der Waals surface area contributed by atoms with E-state index in [9.17, 15) is 20.1 Å². The molecule has 5 nitrogen and oxygen atoms in total. The van der Waals surface area contributed by atoms with Crippen molar-refractivity contribution in [2.75, 3.05) is 6.26 Å². The minimum atomic E-state index is -1.27. The molecule has 2 heterocycles. The maximum absolute atomic E-state index is 11.4. The second-order valence-electron chi connectivity index (χ2n) is 7.97. The first-order chi connectivity index (χ1) is 15.4. The fourth-order valence-corrected chi connectivity index (χ4v) is 5.76. The fraction of sp³-hybridized carbons (Fsp3) is 0.320. The average molecular weight is 471 g/mol. The lowest BCUT2D eigenvalue weighted by Gasteiger charge is -2.40. The molecule has 0 aliphatic carbocycles. The van der Waals surface area contributed by atoms with Gasteiger partial charge in [0.05, 0.1) is 0 Å². The zero-order valence-electron chi connectivity index (χ0n) is 17.8. The van der Waals surface area contributed by atoms with Gasteiger partial charge in [-0.3, -0.25) is 4.79 Å². The number of aryl methyl sites for hydroxylation is 1. The van der Waals surface area contributed by atoms with E-state index < -0.39 is 29.9 Å². The molecular formula is C25H26O5S2. The topological polar surface area (TPSA) is 87.0 Å². The van der Waals surface area contributed by atoms with Crippen LogP contribution >= 0.6 is 23.1 Å². The molecule has 0 saturated carbocycles. The molecule has 0 spiro atoms. The zero-order chi connectivity index (χ0) is 22.8. The van der Waals surface area contributed by atoms with Crippen molar-refractivity contribution >= 4 is 29.4 Å². The number of thioether (sulfide) groups is 1. The molecule has 7 heteroatoms. The highest BCUT2D eigenvalue weighted by molar-refractivity contribution is 7.99. The summed E-state index contributed by atoms with van der Waals surface area (Å²) < 4.78 is 5.92. The van der Waals surface area contributed by atoms with Gasteiger partial charge in [0.25, 0.3) is 0 Å². The van der Waals surface area contributed by atoms with Crippen LogP contribution in [-0.4, -0.2) is 51.6 Å². The van der Waals surface area contributed by atoms with Gasteiger partial charge in [0.2, 0.25) is 0 Å². The lowest BCUT2D eigenvalue weighted by molar-refractivity contribution is -0.200. The van der Waals surface area contributed by atoms with Crippen molar-refractivity contribution in [1.29, 1.82) is 0 Å². The van der Waals surface area contributed by atoms with E-state index in [0.29, 0.717) is 12.0 Å². The first kappa shape index (κ1) is 23.2. The third kappa shape index (κ3) is 4.55. The lowest BCUT2D eigenvalue weighted by Crippen LogP contribution is -2.52. The van der Waals surface area contributed by atoms with E-state index >= 15 is 0 Å². The third-order valence-electron chi connectivity index (χ3n) is 5.88. The highest BCUT2D eigenvalue weighted by atomic mass is 32.2. The number of carbonyl (C=O) groups excluding carboxylic acids is 1. The molecule has 0 bridgehead atoms. The minimum absolute atomic E-state index is 0.610. The van der Waals surface area contributed by atoms with Crippen LogP contribution in [0.15, 0.2) is 54.6 Å². The van der Waals surface area contributed by atoms with Gasteiger partial charge < -0.3 is 20.1 Å². The van der Waals surface area contributed by atoms with Crippen LogP contribution < -0.4 is 0 Å². The molecule has 1 saturated heterocycles. The van der Waals surface area contributed by atoms with Crippen molar-refractivity contribution in [3.63, 3.8) is 0 Å². The number of aldehydes is 1. The summed E-state index contributed by atoms with van der Waals surface area (Å²) in [6.07, 6.45) is -0.958. The number of aliphatic hydroxyl groups is 3. The van der Waals surface area contributed by atoms with E-state index in [2.05, 4.69) is 6.07 Å². The van der Waals surface area contributed by atoms with Crippen molar-refractivity contribution in [2.45, 2.75) is 43.2 Å². The molecule has 1 aliphatic rings. The van der Waals surface area contributed by atoms with Gasteiger partial charge in [-0.05, 0) is 42.0 Å². The second-order valence-corrected chi connectivity index (χ2v) is 10.1. The van der Waals surface area contributed by atoms with Gasteiger partial charge in [-0.2, -0.15) is 0 Å². The summed E-state index contributed by atoms with van der Waals surface area (Å²) in [5.74, 6) is 0. The van der Waals surface area contributed by atoms with Crippen LogP contribution in [0.1, 0.15) is 38.0 Å². The molecule has 1 aromatic heterocycles. The predicted octanol–water partition coefficient (Wildman–Crippen LogP) is 3.97. The van der Waals surface area contributed by atoms with Crippen molar-refractivity contribution < 1.29 is 24.9 Å². The van der Waals surface area contributed by atoms with Crippen LogP contribution in [0, 0.1) is 6.92 Å². The number of ether oxygens (including phenoxy) is 1. The highest BCUT2D eigenvalue weighted by Gasteiger charge is 2.44. The average Bonchev–Trinajstić information content (AvgIpc) is 3.27. The standard InChI is InChI=1S/C25H26O5S2/c1-14-7-8-15(24-22(28)21(27)23(29)25(30-24)31-2)11-17(14)12-18-9-10-20(32-18)19-6-4-3-5-16(19)13-26/h3-11,13,21-25,27-29H,12H2,1-2H3. The summed E-state index contributed by atoms with van der Waals surface area (Å²) >= 11 is 2.95. The van der Waals surface area contributed by atoms with Crippen LogP contribution in [0.3, 0.4) is 0 Å². The maximum Gasteiger partial charge on any atom is 0.150 e. The molecule has 32 heavy (non-hydrogen) atoms. The van der Waals surface area contributed by atoms with Crippen molar-refractivity contribution in [2.24, 2.45) is 0 Å². The first-order valence-corrected chi connectivity index (χ1v) is 12.5. The summed E-state index contributed by atoms with van der Waals surface area (Å²) in [7, 11) is 0. The molecule has 0 amide bonds. The number of hydrogen-bond donors (Lipinski definition) is 3. The summed E-state index contributed by atoms with van der Waals surface area (Å²) in [6, 6.07) is 17.6. The van der Waals surface area contributed by atoms with E-state index in [0.717, 1.165) is 38.3 Å². The molecule has 168 valence electrons. The van der Waals surface area contributed by atoms with E-state index in [4.69, 9.17) is 4.74 Å². The van der Waals surface area contributed by atoms with E-state index in [1.807, 2.05) is 55.5 Å². The summed E-state index contributed by atoms with van der Waals surface area (Å²) in [5.41, 5.74) is 3.97. The van der Waals surface area contributed by atoms with Crippen molar-refractivity contribution in [1.82, 2.24) is 0 Å². The largest absolute Gasteiger partial charge is 0.387 e. The highest BCUT2D eigenvalue weighted by Crippen LogP contribution is 2.37. The van der Waals surface area contributed by atoms with Crippen LogP contribution in [0.25, 0.3) is 10.4 Å². The third-order valence-corrected chi connectivity index (χ3v) is 7.86. The minimum Gasteiger partial charge on any atom is -0.387 e. The summed E-state index contributed by atoms with van der Waals surface area (Å²) in [4.78, 5) is 13.6. The van der Waals surface area contributed by atoms with E-state index in [-0.39, 0.29) is 0 Å². The Bertz CT molecular complexity index is 1090. The molecule has 1 aliphatic heterocycles. The normalized spacial score (nSPS) is 25.6. The Morgan fingerprint density at radius 2 is 1.81 bits per heavy atom. The fourth-order valence-electron chi connectivity index (χ4n) is 4.01. The first-order valence-electron chi connectivity index (χ1n) is 10.4. The van der Waals surface area contributed by atoms with Gasteiger partial charge in [-0.1, -0.05) is 42.5 Å². The van der Waals surface area contributed by atoms with Gasteiger partial charge in [0, 0.05) is 27.3 Å². The number of carbonyl (C=O) groups is 1. The number of benzene rings is 2. The van der Waals surface area contributed by atoms with Crippen LogP contribution in [-0.2, 0) is 11.2 Å². The van der Waals surface area contributed by atoms with Crippen LogP contribution in [0.5, 0.6) is 0 Å². The van der Waals surface area contributed by atoms with E-state index in [1.54, 1.807) is 17.6 Å². The molecule has 1 fully saturated rings. The maximum atomic E-state index is 11.4. The van der Waals surface area contributed by atoms with Crippen molar-refractivity contribution in [3.05, 3.63) is 81.7 Å². The lowest BCUT2D eigenvalue weighted by atomic mass is 9.92. The van der Waals surface area contributed by atoms with Gasteiger partial charge in [0.15, 0.2) is 6.29 Å². The molecule has 5 unspecified atom stereocenters. The van der Waals surface area contributed by atoms with Crippen molar-refractivity contribution in [3.8, 4) is 10.4 Å². The molecular weight excluding hydrogens is 444 g/mol. The molecule has 3 aromatic rings. The molecule has 5 atom stereocenters. The SMILES string of the molecule is CSC1OC(c2ccc(C)c(Cc3ccc(-c4ccccc4C=O)s3)c2)C(O)C(O)C1O. The number of rotatable bonds is 6. The Morgan fingerprint density at radius 1 is 1.03 bits per heavy atom. The quantitative estimate of drug-likeness (QED) is 0.473. The molecule has 0 radical (unpaired) electrons. The Balaban J connectivity index is 1.59. The van der Waals surface area contributed by atoms with E-state index in [1.165, 1.54) is 11.8 Å². The summed E-state index contributed by atoms with van der Waals surface area (Å²) in [5, 5.41) is 30.9. The van der Waals surface area contributed by atoms with Crippen LogP contribution in [0.2, 0.25) is 0 Å². The Morgan fingerprint density at radius 3 is 2.56 bits per heavy atom. The number of thiophene rings is 1. The van der Waals surface area contributed by atoms with Crippen LogP contribution in [0.4, 0.5) is 0 Å².